The van der Waals surface area contributed by atoms with Crippen LogP contribution in [0, 0.1) is 5.82 Å². The highest BCUT2D eigenvalue weighted by atomic mass is 32.2. The van der Waals surface area contributed by atoms with Crippen molar-refractivity contribution in [2.75, 3.05) is 36.9 Å². The third kappa shape index (κ3) is 8.34. The largest absolute Gasteiger partial charge is 0.484 e. The molecule has 35 heavy (non-hydrogen) atoms. The van der Waals surface area contributed by atoms with Crippen LogP contribution in [-0.4, -0.2) is 65.1 Å². The molecule has 10 nitrogen and oxygen atoms in total. The summed E-state index contributed by atoms with van der Waals surface area (Å²) in [5, 5.41) is 6.57. The minimum absolute atomic E-state index is 0.0620. The minimum atomic E-state index is -3.91. The molecule has 2 N–H and O–H groups in total. The number of amides is 2. The molecule has 1 heterocycles. The Bertz CT molecular complexity index is 1150. The monoisotopic (exact) mass is 506 g/mol. The van der Waals surface area contributed by atoms with Gasteiger partial charge in [-0.25, -0.2) is 18.2 Å². The van der Waals surface area contributed by atoms with E-state index < -0.39 is 28.3 Å². The van der Waals surface area contributed by atoms with E-state index in [0.717, 1.165) is 31.8 Å². The van der Waals surface area contributed by atoms with Gasteiger partial charge in [0.2, 0.25) is 10.0 Å². The van der Waals surface area contributed by atoms with Crippen LogP contribution >= 0.6 is 0 Å². The first-order chi connectivity index (χ1) is 16.7. The number of anilines is 1. The van der Waals surface area contributed by atoms with E-state index >= 15 is 0 Å². The van der Waals surface area contributed by atoms with E-state index in [2.05, 4.69) is 15.8 Å². The predicted molar refractivity (Wildman–Crippen MR) is 128 cm³/mol. The van der Waals surface area contributed by atoms with E-state index in [4.69, 9.17) is 9.47 Å². The summed E-state index contributed by atoms with van der Waals surface area (Å²) < 4.78 is 49.7. The van der Waals surface area contributed by atoms with Crippen molar-refractivity contribution in [1.82, 2.24) is 10.7 Å². The lowest BCUT2D eigenvalue weighted by Gasteiger charge is -2.21. The highest BCUT2D eigenvalue weighted by Gasteiger charge is 2.23. The number of hydrogen-bond acceptors (Lipinski definition) is 7. The van der Waals surface area contributed by atoms with E-state index in [-0.39, 0.29) is 24.3 Å². The average molecular weight is 507 g/mol. The molecule has 1 fully saturated rings. The molecular formula is C23H27FN4O6S. The molecule has 1 aliphatic heterocycles. The molecule has 0 radical (unpaired) electrons. The zero-order valence-electron chi connectivity index (χ0n) is 19.1. The fourth-order valence-corrected chi connectivity index (χ4v) is 4.12. The first-order valence-electron chi connectivity index (χ1n) is 10.9. The zero-order chi connectivity index (χ0) is 25.3. The Kier molecular flexibility index (Phi) is 9.15. The van der Waals surface area contributed by atoms with Crippen LogP contribution < -0.4 is 19.8 Å². The third-order valence-corrected chi connectivity index (χ3v) is 6.14. The number of rotatable bonds is 11. The Hall–Kier alpha value is -3.51. The van der Waals surface area contributed by atoms with Crippen molar-refractivity contribution in [2.24, 2.45) is 5.10 Å². The van der Waals surface area contributed by atoms with Gasteiger partial charge in [0, 0.05) is 13.2 Å². The maximum Gasteiger partial charge on any atom is 0.260 e. The van der Waals surface area contributed by atoms with Crippen molar-refractivity contribution < 1.29 is 31.9 Å². The van der Waals surface area contributed by atoms with Crippen molar-refractivity contribution in [1.29, 1.82) is 0 Å². The van der Waals surface area contributed by atoms with Crippen molar-refractivity contribution in [2.45, 2.75) is 18.9 Å². The highest BCUT2D eigenvalue weighted by Crippen LogP contribution is 2.21. The topological polar surface area (TPSA) is 126 Å². The van der Waals surface area contributed by atoms with Gasteiger partial charge >= 0.3 is 0 Å². The number of ether oxygens (including phenoxy) is 2. The van der Waals surface area contributed by atoms with E-state index in [1.165, 1.54) is 24.4 Å². The lowest BCUT2D eigenvalue weighted by molar-refractivity contribution is -0.123. The van der Waals surface area contributed by atoms with E-state index in [1.807, 2.05) is 0 Å². The number of hydrazone groups is 1. The maximum atomic E-state index is 14.0. The van der Waals surface area contributed by atoms with Crippen LogP contribution in [0.2, 0.25) is 0 Å². The van der Waals surface area contributed by atoms with Crippen molar-refractivity contribution in [3.63, 3.8) is 0 Å². The molecule has 188 valence electrons. The molecule has 2 aromatic rings. The van der Waals surface area contributed by atoms with E-state index in [9.17, 15) is 22.4 Å². The number of nitrogens with zero attached hydrogens (tertiary/aromatic N) is 2. The maximum absolute atomic E-state index is 14.0. The number of benzene rings is 2. The minimum Gasteiger partial charge on any atom is -0.484 e. The molecule has 2 aromatic carbocycles. The summed E-state index contributed by atoms with van der Waals surface area (Å²) in [6.45, 7) is 0.419. The molecule has 0 aromatic heterocycles. The van der Waals surface area contributed by atoms with E-state index in [1.54, 1.807) is 24.3 Å². The van der Waals surface area contributed by atoms with Crippen molar-refractivity contribution >= 4 is 33.7 Å². The Morgan fingerprint density at radius 1 is 1.20 bits per heavy atom. The Labute approximate surface area is 203 Å². The average Bonchev–Trinajstić information content (AvgIpc) is 3.34. The van der Waals surface area contributed by atoms with Crippen LogP contribution in [0.1, 0.15) is 18.4 Å². The normalized spacial score (nSPS) is 15.7. The molecule has 0 saturated carbocycles. The molecule has 0 unspecified atom stereocenters. The van der Waals surface area contributed by atoms with Gasteiger partial charge in [-0.05, 0) is 54.8 Å². The number of carbonyl (C=O) groups is 2. The summed E-state index contributed by atoms with van der Waals surface area (Å²) in [4.78, 5) is 24.1. The van der Waals surface area contributed by atoms with Gasteiger partial charge in [-0.2, -0.15) is 5.10 Å². The molecule has 3 rings (SSSR count). The SMILES string of the molecule is CS(=O)(=O)N(CC(=O)N/N=C\c1ccc(OCC(=O)NC[C@H]2CCCO2)cc1)c1ccccc1F. The quantitative estimate of drug-likeness (QED) is 0.351. The fraction of sp³-hybridized carbons (Fsp3) is 0.348. The first kappa shape index (κ1) is 26.1. The van der Waals surface area contributed by atoms with Crippen LogP contribution in [0.5, 0.6) is 5.75 Å². The Morgan fingerprint density at radius 2 is 1.94 bits per heavy atom. The zero-order valence-corrected chi connectivity index (χ0v) is 20.0. The van der Waals surface area contributed by atoms with E-state index in [0.29, 0.717) is 22.2 Å². The second kappa shape index (κ2) is 12.3. The lowest BCUT2D eigenvalue weighted by Crippen LogP contribution is -2.39. The molecule has 12 heteroatoms. The Balaban J connectivity index is 1.46. The smallest absolute Gasteiger partial charge is 0.260 e. The van der Waals surface area contributed by atoms with Crippen molar-refractivity contribution in [3.05, 3.63) is 59.9 Å². The molecular weight excluding hydrogens is 479 g/mol. The van der Waals surface area contributed by atoms with Gasteiger partial charge in [-0.15, -0.1) is 0 Å². The predicted octanol–water partition coefficient (Wildman–Crippen LogP) is 1.42. The molecule has 1 aliphatic rings. The Morgan fingerprint density at radius 3 is 2.60 bits per heavy atom. The summed E-state index contributed by atoms with van der Waals surface area (Å²) in [6.07, 6.45) is 4.24. The van der Waals surface area contributed by atoms with Gasteiger partial charge in [0.25, 0.3) is 11.8 Å². The van der Waals surface area contributed by atoms with Gasteiger partial charge < -0.3 is 14.8 Å². The molecule has 1 saturated heterocycles. The number of sulfonamides is 1. The molecule has 2 amide bonds. The van der Waals surface area contributed by atoms with Gasteiger partial charge in [0.05, 0.1) is 24.3 Å². The van der Waals surface area contributed by atoms with Crippen LogP contribution in [0.3, 0.4) is 0 Å². The molecule has 0 bridgehead atoms. The van der Waals surface area contributed by atoms with Gasteiger partial charge in [-0.1, -0.05) is 12.1 Å². The fourth-order valence-electron chi connectivity index (χ4n) is 3.26. The lowest BCUT2D eigenvalue weighted by atomic mass is 10.2. The number of hydrogen-bond donors (Lipinski definition) is 2. The molecule has 0 aliphatic carbocycles. The van der Waals surface area contributed by atoms with Gasteiger partial charge in [0.15, 0.2) is 6.61 Å². The molecule has 0 spiro atoms. The standard InChI is InChI=1S/C23H27FN4O6S/c1-35(31,32)28(21-7-3-2-6-20(21)24)15-22(29)27-26-13-17-8-10-18(11-9-17)34-16-23(30)25-14-19-5-4-12-33-19/h2-3,6-11,13,19H,4-5,12,14-16H2,1H3,(H,25,30)(H,27,29)/b26-13-/t19-/m1/s1. The second-order valence-electron chi connectivity index (χ2n) is 7.81. The number of nitrogens with one attached hydrogen (secondary N) is 2. The summed E-state index contributed by atoms with van der Waals surface area (Å²) in [5.41, 5.74) is 2.61. The number of carbonyl (C=O) groups excluding carboxylic acids is 2. The molecule has 1 atom stereocenters. The van der Waals surface area contributed by atoms with Gasteiger partial charge in [-0.3, -0.25) is 13.9 Å². The van der Waals surface area contributed by atoms with Crippen LogP contribution in [0.4, 0.5) is 10.1 Å². The number of halogens is 1. The van der Waals surface area contributed by atoms with Crippen molar-refractivity contribution in [3.8, 4) is 5.75 Å². The summed E-state index contributed by atoms with van der Waals surface area (Å²) in [7, 11) is -3.91. The van der Waals surface area contributed by atoms with Crippen LogP contribution in [-0.2, 0) is 24.3 Å². The summed E-state index contributed by atoms with van der Waals surface area (Å²) >= 11 is 0. The number of para-hydroxylation sites is 1. The van der Waals surface area contributed by atoms with Crippen LogP contribution in [0.15, 0.2) is 53.6 Å². The van der Waals surface area contributed by atoms with Gasteiger partial charge in [0.1, 0.15) is 18.1 Å². The summed E-state index contributed by atoms with van der Waals surface area (Å²) in [6, 6.07) is 11.9. The third-order valence-electron chi connectivity index (χ3n) is 5.01. The first-order valence-corrected chi connectivity index (χ1v) is 12.7. The second-order valence-corrected chi connectivity index (χ2v) is 9.72. The van der Waals surface area contributed by atoms with Crippen LogP contribution in [0.25, 0.3) is 0 Å². The highest BCUT2D eigenvalue weighted by molar-refractivity contribution is 7.92. The summed E-state index contributed by atoms with van der Waals surface area (Å²) in [5.74, 6) is -1.28.